The number of carbonyl (C=O) groups excluding carboxylic acids is 1. The lowest BCUT2D eigenvalue weighted by Gasteiger charge is -2.12. The van der Waals surface area contributed by atoms with E-state index in [0.29, 0.717) is 17.1 Å². The summed E-state index contributed by atoms with van der Waals surface area (Å²) in [6.07, 6.45) is 0. The third kappa shape index (κ3) is 3.79. The van der Waals surface area contributed by atoms with Gasteiger partial charge in [-0.1, -0.05) is 15.9 Å². The highest BCUT2D eigenvalue weighted by Gasteiger charge is 2.12. The summed E-state index contributed by atoms with van der Waals surface area (Å²) < 4.78 is 3.00. The summed E-state index contributed by atoms with van der Waals surface area (Å²) in [6.45, 7) is 3.43. The van der Waals surface area contributed by atoms with E-state index in [1.54, 1.807) is 26.0 Å². The first-order valence-electron chi connectivity index (χ1n) is 6.17. The molecule has 0 saturated heterocycles. The van der Waals surface area contributed by atoms with Crippen molar-refractivity contribution in [2.75, 3.05) is 5.32 Å². The molecule has 7 heteroatoms. The molecule has 2 aromatic rings. The number of nitrogens with one attached hydrogen (secondary N) is 1. The molecule has 0 bridgehead atoms. The van der Waals surface area contributed by atoms with Gasteiger partial charge in [-0.15, -0.1) is 0 Å². The smallest absolute Gasteiger partial charge is 0.325 e. The van der Waals surface area contributed by atoms with Crippen molar-refractivity contribution in [3.8, 4) is 0 Å². The number of rotatable bonds is 3. The number of hydrogen-bond acceptors (Lipinski definition) is 3. The quantitative estimate of drug-likeness (QED) is 0.839. The molecule has 0 atom stereocenters. The number of hydrogen-bond donors (Lipinski definition) is 1. The van der Waals surface area contributed by atoms with Crippen LogP contribution in [0.5, 0.6) is 0 Å². The van der Waals surface area contributed by atoms with Gasteiger partial charge in [0, 0.05) is 15.9 Å². The van der Waals surface area contributed by atoms with Crippen molar-refractivity contribution in [3.05, 3.63) is 55.1 Å². The fourth-order valence-electron chi connectivity index (χ4n) is 1.84. The molecule has 110 valence electrons. The first-order valence-corrected chi connectivity index (χ1v) is 7.76. The molecule has 21 heavy (non-hydrogen) atoms. The van der Waals surface area contributed by atoms with Crippen molar-refractivity contribution in [2.45, 2.75) is 20.4 Å². The van der Waals surface area contributed by atoms with Crippen LogP contribution >= 0.6 is 31.9 Å². The van der Waals surface area contributed by atoms with Crippen LogP contribution in [0.1, 0.15) is 11.4 Å². The largest absolute Gasteiger partial charge is 0.348 e. The number of nitrogens with zero attached hydrogens (tertiary/aromatic N) is 2. The second kappa shape index (κ2) is 6.53. The molecule has 0 radical (unpaired) electrons. The van der Waals surface area contributed by atoms with Crippen molar-refractivity contribution in [1.82, 2.24) is 9.55 Å². The molecule has 0 fully saturated rings. The topological polar surface area (TPSA) is 64.0 Å². The fraction of sp³-hybridized carbons (Fsp3) is 0.214. The minimum atomic E-state index is -0.431. The first-order chi connectivity index (χ1) is 9.88. The molecule has 2 rings (SSSR count). The molecule has 1 amide bonds. The van der Waals surface area contributed by atoms with Crippen LogP contribution in [0.3, 0.4) is 0 Å². The van der Waals surface area contributed by atoms with E-state index in [9.17, 15) is 9.59 Å². The molecule has 0 spiro atoms. The Kier molecular flexibility index (Phi) is 4.95. The van der Waals surface area contributed by atoms with Gasteiger partial charge in [0.05, 0.1) is 10.2 Å². The first kappa shape index (κ1) is 15.9. The van der Waals surface area contributed by atoms with E-state index in [-0.39, 0.29) is 12.5 Å². The molecule has 0 aliphatic rings. The van der Waals surface area contributed by atoms with Crippen molar-refractivity contribution < 1.29 is 4.79 Å². The number of halogens is 2. The number of aromatic nitrogens is 2. The highest BCUT2D eigenvalue weighted by atomic mass is 79.9. The van der Waals surface area contributed by atoms with Crippen LogP contribution in [-0.2, 0) is 11.3 Å². The van der Waals surface area contributed by atoms with Crippen molar-refractivity contribution in [3.63, 3.8) is 0 Å². The summed E-state index contributed by atoms with van der Waals surface area (Å²) in [5.41, 5.74) is 1.53. The molecule has 1 aromatic heterocycles. The van der Waals surface area contributed by atoms with Crippen LogP contribution in [-0.4, -0.2) is 15.5 Å². The minimum Gasteiger partial charge on any atom is -0.325 e. The van der Waals surface area contributed by atoms with Gasteiger partial charge >= 0.3 is 5.69 Å². The number of amides is 1. The van der Waals surface area contributed by atoms with E-state index >= 15 is 0 Å². The molecule has 1 heterocycles. The Balaban J connectivity index is 2.19. The SMILES string of the molecule is Cc1nc(=O)n(CC(=O)Nc2ccc(Br)cc2)c(C)c1Br. The highest BCUT2D eigenvalue weighted by Crippen LogP contribution is 2.17. The molecule has 1 aromatic carbocycles. The van der Waals surface area contributed by atoms with Crippen LogP contribution < -0.4 is 11.0 Å². The van der Waals surface area contributed by atoms with Gasteiger partial charge in [0.2, 0.25) is 5.91 Å². The Labute approximate surface area is 138 Å². The lowest BCUT2D eigenvalue weighted by molar-refractivity contribution is -0.116. The Hall–Kier alpha value is -1.47. The summed E-state index contributed by atoms with van der Waals surface area (Å²) in [5, 5.41) is 2.74. The lowest BCUT2D eigenvalue weighted by Crippen LogP contribution is -2.31. The predicted molar refractivity (Wildman–Crippen MR) is 88.4 cm³/mol. The summed E-state index contributed by atoms with van der Waals surface area (Å²) >= 11 is 6.70. The van der Waals surface area contributed by atoms with E-state index in [2.05, 4.69) is 42.2 Å². The van der Waals surface area contributed by atoms with Crippen LogP contribution in [0.2, 0.25) is 0 Å². The van der Waals surface area contributed by atoms with Gasteiger partial charge in [-0.05, 0) is 54.0 Å². The zero-order chi connectivity index (χ0) is 15.6. The zero-order valence-electron chi connectivity index (χ0n) is 11.5. The highest BCUT2D eigenvalue weighted by molar-refractivity contribution is 9.10. The Morgan fingerprint density at radius 2 is 1.86 bits per heavy atom. The maximum Gasteiger partial charge on any atom is 0.348 e. The van der Waals surface area contributed by atoms with Gasteiger partial charge in [-0.25, -0.2) is 4.79 Å². The average molecular weight is 415 g/mol. The van der Waals surface area contributed by atoms with Crippen molar-refractivity contribution >= 4 is 43.5 Å². The van der Waals surface area contributed by atoms with Crippen LogP contribution in [0.25, 0.3) is 0 Å². The molecular weight excluding hydrogens is 402 g/mol. The monoisotopic (exact) mass is 413 g/mol. The normalized spacial score (nSPS) is 10.5. The molecule has 0 unspecified atom stereocenters. The van der Waals surface area contributed by atoms with Gasteiger partial charge in [0.25, 0.3) is 0 Å². The molecule has 0 saturated carbocycles. The van der Waals surface area contributed by atoms with Gasteiger partial charge in [-0.3, -0.25) is 9.36 Å². The molecule has 0 aliphatic carbocycles. The molecule has 5 nitrogen and oxygen atoms in total. The number of anilines is 1. The third-order valence-electron chi connectivity index (χ3n) is 2.96. The van der Waals surface area contributed by atoms with E-state index in [0.717, 1.165) is 8.95 Å². The number of benzene rings is 1. The minimum absolute atomic E-state index is 0.0768. The second-order valence-electron chi connectivity index (χ2n) is 4.52. The average Bonchev–Trinajstić information content (AvgIpc) is 2.44. The van der Waals surface area contributed by atoms with Gasteiger partial charge in [0.1, 0.15) is 6.54 Å². The van der Waals surface area contributed by atoms with E-state index in [1.165, 1.54) is 4.57 Å². The fourth-order valence-corrected chi connectivity index (χ4v) is 2.41. The van der Waals surface area contributed by atoms with Crippen LogP contribution in [0.15, 0.2) is 38.0 Å². The zero-order valence-corrected chi connectivity index (χ0v) is 14.7. The standard InChI is InChI=1S/C14H13Br2N3O2/c1-8-13(16)9(2)19(14(21)17-8)7-12(20)18-11-5-3-10(15)4-6-11/h3-6H,7H2,1-2H3,(H,18,20). The maximum atomic E-state index is 12.0. The Morgan fingerprint density at radius 3 is 2.48 bits per heavy atom. The number of carbonyl (C=O) groups is 1. The van der Waals surface area contributed by atoms with E-state index in [4.69, 9.17) is 0 Å². The Bertz CT molecular complexity index is 739. The third-order valence-corrected chi connectivity index (χ3v) is 4.64. The summed E-state index contributed by atoms with van der Waals surface area (Å²) in [7, 11) is 0. The van der Waals surface area contributed by atoms with Crippen molar-refractivity contribution in [2.24, 2.45) is 0 Å². The Morgan fingerprint density at radius 1 is 1.24 bits per heavy atom. The maximum absolute atomic E-state index is 12.0. The summed E-state index contributed by atoms with van der Waals surface area (Å²) in [4.78, 5) is 27.8. The molecule has 1 N–H and O–H groups in total. The van der Waals surface area contributed by atoms with Crippen molar-refractivity contribution in [1.29, 1.82) is 0 Å². The summed E-state index contributed by atoms with van der Waals surface area (Å²) in [6, 6.07) is 7.22. The van der Waals surface area contributed by atoms with Gasteiger partial charge in [0.15, 0.2) is 0 Å². The van der Waals surface area contributed by atoms with Crippen LogP contribution in [0.4, 0.5) is 5.69 Å². The van der Waals surface area contributed by atoms with Crippen LogP contribution in [0, 0.1) is 13.8 Å². The lowest BCUT2D eigenvalue weighted by atomic mass is 10.3. The van der Waals surface area contributed by atoms with E-state index < -0.39 is 5.69 Å². The second-order valence-corrected chi connectivity index (χ2v) is 6.23. The summed E-state index contributed by atoms with van der Waals surface area (Å²) in [5.74, 6) is -0.278. The van der Waals surface area contributed by atoms with Gasteiger partial charge in [-0.2, -0.15) is 4.98 Å². The molecule has 0 aliphatic heterocycles. The number of aryl methyl sites for hydroxylation is 1. The van der Waals surface area contributed by atoms with Gasteiger partial charge < -0.3 is 5.32 Å². The predicted octanol–water partition coefficient (Wildman–Crippen LogP) is 3.02. The molecular formula is C14H13Br2N3O2. The van der Waals surface area contributed by atoms with E-state index in [1.807, 2.05) is 12.1 Å².